The Labute approximate surface area is 141 Å². The van der Waals surface area contributed by atoms with E-state index in [1.165, 1.54) is 19.3 Å². The Morgan fingerprint density at radius 1 is 1.19 bits per heavy atom. The molecule has 0 aliphatic rings. The molecule has 2 N–H and O–H groups in total. The molecule has 0 saturated carbocycles. The Bertz CT molecular complexity index is 495. The summed E-state index contributed by atoms with van der Waals surface area (Å²) >= 11 is 17.0. The predicted molar refractivity (Wildman–Crippen MR) is 94.2 cm³/mol. The Hall–Kier alpha value is -0.840. The smallest absolute Gasteiger partial charge is 0.226 e. The highest BCUT2D eigenvalue weighted by Crippen LogP contribution is 2.25. The summed E-state index contributed by atoms with van der Waals surface area (Å²) in [5.74, 6) is -0.0813. The van der Waals surface area contributed by atoms with Crippen LogP contribution in [0, 0.1) is 0 Å². The van der Waals surface area contributed by atoms with Crippen LogP contribution in [0.1, 0.15) is 45.4 Å². The van der Waals surface area contributed by atoms with Gasteiger partial charge in [-0.25, -0.2) is 0 Å². The zero-order valence-corrected chi connectivity index (χ0v) is 14.4. The fourth-order valence-corrected chi connectivity index (χ4v) is 2.39. The van der Waals surface area contributed by atoms with Crippen LogP contribution < -0.4 is 10.6 Å². The van der Waals surface area contributed by atoms with Crippen LogP contribution in [-0.2, 0) is 4.79 Å². The molecule has 0 aliphatic carbocycles. The second-order valence-corrected chi connectivity index (χ2v) is 6.04. The van der Waals surface area contributed by atoms with Gasteiger partial charge in [-0.05, 0) is 36.8 Å². The van der Waals surface area contributed by atoms with Crippen molar-refractivity contribution in [3.63, 3.8) is 0 Å². The highest BCUT2D eigenvalue weighted by atomic mass is 35.5. The molecule has 116 valence electrons. The molecule has 0 fully saturated rings. The molecule has 3 nitrogen and oxygen atoms in total. The van der Waals surface area contributed by atoms with Gasteiger partial charge in [0.15, 0.2) is 5.11 Å². The number of thiocarbonyl (C=S) groups is 1. The number of carbonyl (C=O) groups excluding carboxylic acids is 1. The quantitative estimate of drug-likeness (QED) is 0.528. The zero-order valence-electron chi connectivity index (χ0n) is 12.0. The molecule has 0 aromatic heterocycles. The van der Waals surface area contributed by atoms with E-state index < -0.39 is 0 Å². The molecule has 21 heavy (non-hydrogen) atoms. The van der Waals surface area contributed by atoms with Gasteiger partial charge in [0.25, 0.3) is 0 Å². The lowest BCUT2D eigenvalue weighted by atomic mass is 10.1. The van der Waals surface area contributed by atoms with Crippen LogP contribution in [0.4, 0.5) is 5.69 Å². The topological polar surface area (TPSA) is 41.1 Å². The maximum absolute atomic E-state index is 11.7. The van der Waals surface area contributed by atoms with Crippen molar-refractivity contribution in [1.82, 2.24) is 5.32 Å². The number of nitrogens with one attached hydrogen (secondary N) is 2. The minimum absolute atomic E-state index is 0.0813. The lowest BCUT2D eigenvalue weighted by molar-refractivity contribution is -0.119. The molecule has 0 unspecified atom stereocenters. The van der Waals surface area contributed by atoms with Gasteiger partial charge in [-0.15, -0.1) is 0 Å². The minimum atomic E-state index is -0.0813. The largest absolute Gasteiger partial charge is 0.331 e. The number of carbonyl (C=O) groups is 1. The Kier molecular flexibility index (Phi) is 8.66. The van der Waals surface area contributed by atoms with Crippen molar-refractivity contribution in [3.05, 3.63) is 28.2 Å². The van der Waals surface area contributed by atoms with Gasteiger partial charge in [-0.1, -0.05) is 55.8 Å². The molecule has 0 bridgehead atoms. The number of rotatable bonds is 7. The van der Waals surface area contributed by atoms with Gasteiger partial charge in [-0.2, -0.15) is 0 Å². The Morgan fingerprint density at radius 2 is 1.90 bits per heavy atom. The number of benzene rings is 1. The third kappa shape index (κ3) is 7.65. The van der Waals surface area contributed by atoms with Crippen molar-refractivity contribution in [2.75, 3.05) is 5.32 Å². The van der Waals surface area contributed by atoms with E-state index in [2.05, 4.69) is 17.6 Å². The molecule has 1 aromatic rings. The molecule has 0 spiro atoms. The fraction of sp³-hybridized carbons (Fsp3) is 0.467. The van der Waals surface area contributed by atoms with Crippen LogP contribution in [0.25, 0.3) is 0 Å². The first-order valence-corrected chi connectivity index (χ1v) is 8.25. The summed E-state index contributed by atoms with van der Waals surface area (Å²) in [5, 5.41) is 6.80. The normalized spacial score (nSPS) is 10.2. The molecule has 1 aromatic carbocycles. The molecule has 1 rings (SSSR count). The standard InChI is InChI=1S/C15H20Cl2N2OS/c1-2-3-4-5-6-7-14(20)19-15(21)18-13-10-11(16)8-9-12(13)17/h8-10H,2-7H2,1H3,(H2,18,19,20,21). The number of hydrogen-bond acceptors (Lipinski definition) is 2. The van der Waals surface area contributed by atoms with E-state index in [1.807, 2.05) is 0 Å². The zero-order chi connectivity index (χ0) is 15.7. The molecular formula is C15H20Cl2N2OS. The Morgan fingerprint density at radius 3 is 2.62 bits per heavy atom. The van der Waals surface area contributed by atoms with Crippen molar-refractivity contribution in [2.45, 2.75) is 45.4 Å². The van der Waals surface area contributed by atoms with E-state index in [-0.39, 0.29) is 11.0 Å². The molecule has 0 atom stereocenters. The average Bonchev–Trinajstić information content (AvgIpc) is 2.42. The summed E-state index contributed by atoms with van der Waals surface area (Å²) in [6.45, 7) is 2.16. The number of halogens is 2. The summed E-state index contributed by atoms with van der Waals surface area (Å²) in [6, 6.07) is 5.02. The van der Waals surface area contributed by atoms with E-state index in [1.54, 1.807) is 18.2 Å². The van der Waals surface area contributed by atoms with E-state index >= 15 is 0 Å². The van der Waals surface area contributed by atoms with Crippen LogP contribution in [0.2, 0.25) is 10.0 Å². The highest BCUT2D eigenvalue weighted by Gasteiger charge is 2.07. The molecule has 0 radical (unpaired) electrons. The third-order valence-corrected chi connectivity index (χ3v) is 3.71. The number of unbranched alkanes of at least 4 members (excludes halogenated alkanes) is 4. The van der Waals surface area contributed by atoms with Gasteiger partial charge in [0.2, 0.25) is 5.91 Å². The third-order valence-electron chi connectivity index (χ3n) is 2.94. The first kappa shape index (κ1) is 18.2. The monoisotopic (exact) mass is 346 g/mol. The van der Waals surface area contributed by atoms with Crippen LogP contribution in [0.3, 0.4) is 0 Å². The minimum Gasteiger partial charge on any atom is -0.331 e. The van der Waals surface area contributed by atoms with Crippen LogP contribution in [-0.4, -0.2) is 11.0 Å². The molecule has 1 amide bonds. The van der Waals surface area contributed by atoms with Crippen molar-refractivity contribution in [1.29, 1.82) is 0 Å². The second-order valence-electron chi connectivity index (χ2n) is 4.79. The average molecular weight is 347 g/mol. The second kappa shape index (κ2) is 9.98. The van der Waals surface area contributed by atoms with Gasteiger partial charge in [0, 0.05) is 11.4 Å². The van der Waals surface area contributed by atoms with Gasteiger partial charge in [0.05, 0.1) is 10.7 Å². The highest BCUT2D eigenvalue weighted by molar-refractivity contribution is 7.80. The molecule has 6 heteroatoms. The van der Waals surface area contributed by atoms with E-state index in [0.717, 1.165) is 12.8 Å². The first-order chi connectivity index (χ1) is 10.0. The van der Waals surface area contributed by atoms with Gasteiger partial charge in [-0.3, -0.25) is 4.79 Å². The predicted octanol–water partition coefficient (Wildman–Crippen LogP) is 5.17. The molecule has 0 aliphatic heterocycles. The van der Waals surface area contributed by atoms with Gasteiger partial charge >= 0.3 is 0 Å². The lowest BCUT2D eigenvalue weighted by Gasteiger charge is -2.11. The van der Waals surface area contributed by atoms with E-state index in [0.29, 0.717) is 22.2 Å². The summed E-state index contributed by atoms with van der Waals surface area (Å²) in [7, 11) is 0. The van der Waals surface area contributed by atoms with Crippen molar-refractivity contribution >= 4 is 52.1 Å². The number of hydrogen-bond donors (Lipinski definition) is 2. The summed E-state index contributed by atoms with van der Waals surface area (Å²) < 4.78 is 0. The Balaban J connectivity index is 2.32. The van der Waals surface area contributed by atoms with Crippen molar-refractivity contribution < 1.29 is 4.79 Å². The van der Waals surface area contributed by atoms with Gasteiger partial charge < -0.3 is 10.6 Å². The van der Waals surface area contributed by atoms with Crippen LogP contribution in [0.5, 0.6) is 0 Å². The van der Waals surface area contributed by atoms with Crippen LogP contribution in [0.15, 0.2) is 18.2 Å². The summed E-state index contributed by atoms with van der Waals surface area (Å²) in [5.41, 5.74) is 0.581. The molecular weight excluding hydrogens is 327 g/mol. The van der Waals surface area contributed by atoms with Crippen molar-refractivity contribution in [2.24, 2.45) is 0 Å². The number of amides is 1. The number of anilines is 1. The summed E-state index contributed by atoms with van der Waals surface area (Å²) in [6.07, 6.45) is 6.02. The first-order valence-electron chi connectivity index (χ1n) is 7.08. The van der Waals surface area contributed by atoms with E-state index in [4.69, 9.17) is 35.4 Å². The lowest BCUT2D eigenvalue weighted by Crippen LogP contribution is -2.34. The van der Waals surface area contributed by atoms with Crippen molar-refractivity contribution in [3.8, 4) is 0 Å². The molecule has 0 heterocycles. The fourth-order valence-electron chi connectivity index (χ4n) is 1.83. The molecule has 0 saturated heterocycles. The maximum Gasteiger partial charge on any atom is 0.226 e. The van der Waals surface area contributed by atoms with Gasteiger partial charge in [0.1, 0.15) is 0 Å². The SMILES string of the molecule is CCCCCCCC(=O)NC(=S)Nc1cc(Cl)ccc1Cl. The van der Waals surface area contributed by atoms with Crippen LogP contribution >= 0.6 is 35.4 Å². The van der Waals surface area contributed by atoms with E-state index in [9.17, 15) is 4.79 Å². The maximum atomic E-state index is 11.7. The summed E-state index contributed by atoms with van der Waals surface area (Å²) in [4.78, 5) is 11.7.